The third-order valence-corrected chi connectivity index (χ3v) is 4.28. The molecule has 2 aromatic heterocycles. The maximum Gasteiger partial charge on any atom is 0.189 e. The standard InChI is InChI=1S/C18H19FN4S/c1-12(2)15-10-16(14-6-4-5-13(9-14)11-19)23(22-15)17-7-8-20-18(21-17)24-3/h4-10,12H,11H2,1-3H3. The van der Waals surface area contributed by atoms with Gasteiger partial charge in [-0.3, -0.25) is 0 Å². The summed E-state index contributed by atoms with van der Waals surface area (Å²) in [6.45, 7) is 3.71. The van der Waals surface area contributed by atoms with Crippen LogP contribution in [0.15, 0.2) is 47.8 Å². The summed E-state index contributed by atoms with van der Waals surface area (Å²) in [5, 5.41) is 5.40. The number of aromatic nitrogens is 4. The number of thioether (sulfide) groups is 1. The molecular weight excluding hydrogens is 323 g/mol. The number of alkyl halides is 1. The van der Waals surface area contributed by atoms with Gasteiger partial charge in [0, 0.05) is 17.8 Å². The molecule has 0 aliphatic heterocycles. The Morgan fingerprint density at radius 3 is 2.75 bits per heavy atom. The fraction of sp³-hybridized carbons (Fsp3) is 0.278. The Labute approximate surface area is 145 Å². The maximum absolute atomic E-state index is 13.0. The van der Waals surface area contributed by atoms with Gasteiger partial charge in [-0.25, -0.2) is 19.0 Å². The van der Waals surface area contributed by atoms with Gasteiger partial charge >= 0.3 is 0 Å². The summed E-state index contributed by atoms with van der Waals surface area (Å²) in [5.74, 6) is 0.998. The molecule has 0 spiro atoms. The topological polar surface area (TPSA) is 43.6 Å². The monoisotopic (exact) mass is 342 g/mol. The van der Waals surface area contributed by atoms with Crippen LogP contribution in [-0.4, -0.2) is 26.0 Å². The molecule has 4 nitrogen and oxygen atoms in total. The molecule has 2 heterocycles. The lowest BCUT2D eigenvalue weighted by atomic mass is 10.1. The molecule has 0 bridgehead atoms. The molecule has 3 aromatic rings. The van der Waals surface area contributed by atoms with E-state index in [9.17, 15) is 4.39 Å². The molecule has 0 N–H and O–H groups in total. The largest absolute Gasteiger partial charge is 0.246 e. The lowest BCUT2D eigenvalue weighted by Crippen LogP contribution is -2.04. The van der Waals surface area contributed by atoms with Crippen molar-refractivity contribution < 1.29 is 4.39 Å². The van der Waals surface area contributed by atoms with Gasteiger partial charge < -0.3 is 0 Å². The Hall–Kier alpha value is -2.21. The van der Waals surface area contributed by atoms with E-state index in [1.54, 1.807) is 12.3 Å². The average Bonchev–Trinajstić information content (AvgIpc) is 3.07. The van der Waals surface area contributed by atoms with Crippen molar-refractivity contribution >= 4 is 11.8 Å². The van der Waals surface area contributed by atoms with Gasteiger partial charge in [-0.1, -0.05) is 43.8 Å². The van der Waals surface area contributed by atoms with Crippen molar-refractivity contribution in [3.8, 4) is 17.1 Å². The average molecular weight is 342 g/mol. The number of nitrogens with zero attached hydrogens (tertiary/aromatic N) is 4. The van der Waals surface area contributed by atoms with E-state index in [0.717, 1.165) is 17.0 Å². The Bertz CT molecular complexity index is 780. The number of hydrogen-bond acceptors (Lipinski definition) is 4. The van der Waals surface area contributed by atoms with Crippen molar-refractivity contribution in [2.75, 3.05) is 6.26 Å². The number of benzene rings is 1. The van der Waals surface area contributed by atoms with Gasteiger partial charge in [0.25, 0.3) is 0 Å². The molecule has 0 saturated carbocycles. The number of halogens is 1. The molecule has 0 aliphatic carbocycles. The SMILES string of the molecule is CSc1nccc(-n2nc(C(C)C)cc2-c2cccc(CF)c2)n1. The minimum absolute atomic E-state index is 0.288. The number of hydrogen-bond donors (Lipinski definition) is 0. The molecule has 1 aromatic carbocycles. The first-order valence-corrected chi connectivity index (χ1v) is 8.97. The highest BCUT2D eigenvalue weighted by Crippen LogP contribution is 2.27. The van der Waals surface area contributed by atoms with Crippen LogP contribution in [0.4, 0.5) is 4.39 Å². The summed E-state index contributed by atoms with van der Waals surface area (Å²) in [6, 6.07) is 11.3. The van der Waals surface area contributed by atoms with E-state index in [1.807, 2.05) is 41.3 Å². The van der Waals surface area contributed by atoms with Gasteiger partial charge in [0.1, 0.15) is 6.67 Å². The van der Waals surface area contributed by atoms with Crippen LogP contribution in [0.5, 0.6) is 0 Å². The maximum atomic E-state index is 13.0. The van der Waals surface area contributed by atoms with Crippen molar-refractivity contribution in [1.82, 2.24) is 19.7 Å². The van der Waals surface area contributed by atoms with Crippen LogP contribution in [-0.2, 0) is 6.67 Å². The Balaban J connectivity index is 2.17. The third-order valence-electron chi connectivity index (χ3n) is 3.72. The normalized spacial score (nSPS) is 11.2. The molecular formula is C18H19FN4S. The summed E-state index contributed by atoms with van der Waals surface area (Å²) >= 11 is 1.49. The summed E-state index contributed by atoms with van der Waals surface area (Å²) < 4.78 is 14.8. The van der Waals surface area contributed by atoms with E-state index in [1.165, 1.54) is 11.8 Å². The summed E-state index contributed by atoms with van der Waals surface area (Å²) in [7, 11) is 0. The van der Waals surface area contributed by atoms with Gasteiger partial charge in [0.15, 0.2) is 11.0 Å². The molecule has 124 valence electrons. The zero-order valence-corrected chi connectivity index (χ0v) is 14.7. The molecule has 0 fully saturated rings. The van der Waals surface area contributed by atoms with Crippen LogP contribution in [0.25, 0.3) is 17.1 Å². The van der Waals surface area contributed by atoms with Gasteiger partial charge in [0.05, 0.1) is 11.4 Å². The fourth-order valence-electron chi connectivity index (χ4n) is 2.42. The van der Waals surface area contributed by atoms with Crippen LogP contribution in [0.3, 0.4) is 0 Å². The van der Waals surface area contributed by atoms with E-state index in [4.69, 9.17) is 5.10 Å². The van der Waals surface area contributed by atoms with Crippen molar-refractivity contribution in [3.05, 3.63) is 53.9 Å². The second kappa shape index (κ2) is 7.13. The zero-order valence-electron chi connectivity index (χ0n) is 13.9. The van der Waals surface area contributed by atoms with Gasteiger partial charge in [-0.2, -0.15) is 5.10 Å². The van der Waals surface area contributed by atoms with Crippen molar-refractivity contribution in [3.63, 3.8) is 0 Å². The molecule has 0 unspecified atom stereocenters. The van der Waals surface area contributed by atoms with E-state index in [0.29, 0.717) is 16.5 Å². The molecule has 0 radical (unpaired) electrons. The first kappa shape index (κ1) is 16.6. The van der Waals surface area contributed by atoms with E-state index in [2.05, 4.69) is 23.8 Å². The second-order valence-corrected chi connectivity index (χ2v) is 6.53. The highest BCUT2D eigenvalue weighted by Gasteiger charge is 2.15. The lowest BCUT2D eigenvalue weighted by molar-refractivity contribution is 0.485. The summed E-state index contributed by atoms with van der Waals surface area (Å²) in [5.41, 5.74) is 3.45. The van der Waals surface area contributed by atoms with Crippen molar-refractivity contribution in [1.29, 1.82) is 0 Å². The van der Waals surface area contributed by atoms with Gasteiger partial charge in [0.2, 0.25) is 0 Å². The highest BCUT2D eigenvalue weighted by molar-refractivity contribution is 7.98. The van der Waals surface area contributed by atoms with Crippen LogP contribution in [0.1, 0.15) is 31.0 Å². The van der Waals surface area contributed by atoms with E-state index in [-0.39, 0.29) is 5.92 Å². The zero-order chi connectivity index (χ0) is 17.1. The fourth-order valence-corrected chi connectivity index (χ4v) is 2.77. The molecule has 6 heteroatoms. The van der Waals surface area contributed by atoms with E-state index < -0.39 is 6.67 Å². The Kier molecular flexibility index (Phi) is 4.94. The first-order valence-electron chi connectivity index (χ1n) is 7.75. The molecule has 3 rings (SSSR count). The van der Waals surface area contributed by atoms with E-state index >= 15 is 0 Å². The van der Waals surface area contributed by atoms with Crippen LogP contribution >= 0.6 is 11.8 Å². The predicted octanol–water partition coefficient (Wildman–Crippen LogP) is 4.64. The predicted molar refractivity (Wildman–Crippen MR) is 95.3 cm³/mol. The minimum Gasteiger partial charge on any atom is -0.246 e. The van der Waals surface area contributed by atoms with Crippen molar-refractivity contribution in [2.45, 2.75) is 31.6 Å². The smallest absolute Gasteiger partial charge is 0.189 e. The third kappa shape index (κ3) is 3.33. The number of rotatable bonds is 5. The lowest BCUT2D eigenvalue weighted by Gasteiger charge is -2.08. The summed E-state index contributed by atoms with van der Waals surface area (Å²) in [4.78, 5) is 8.76. The van der Waals surface area contributed by atoms with Crippen LogP contribution in [0, 0.1) is 0 Å². The van der Waals surface area contributed by atoms with Crippen molar-refractivity contribution in [2.24, 2.45) is 0 Å². The molecule has 0 saturated heterocycles. The molecule has 0 atom stereocenters. The first-order chi connectivity index (χ1) is 11.6. The molecule has 0 aliphatic rings. The quantitative estimate of drug-likeness (QED) is 0.500. The van der Waals surface area contributed by atoms with Crippen LogP contribution in [0.2, 0.25) is 0 Å². The minimum atomic E-state index is -0.483. The second-order valence-electron chi connectivity index (χ2n) is 5.76. The molecule has 0 amide bonds. The summed E-state index contributed by atoms with van der Waals surface area (Å²) in [6.07, 6.45) is 3.67. The Morgan fingerprint density at radius 2 is 2.04 bits per heavy atom. The Morgan fingerprint density at radius 1 is 1.21 bits per heavy atom. The highest BCUT2D eigenvalue weighted by atomic mass is 32.2. The molecule has 24 heavy (non-hydrogen) atoms. The van der Waals surface area contributed by atoms with Gasteiger partial charge in [-0.05, 0) is 29.9 Å². The van der Waals surface area contributed by atoms with Crippen LogP contribution < -0.4 is 0 Å². The van der Waals surface area contributed by atoms with Gasteiger partial charge in [-0.15, -0.1) is 0 Å².